The van der Waals surface area contributed by atoms with Gasteiger partial charge in [0.15, 0.2) is 0 Å². The molecule has 0 aliphatic heterocycles. The van der Waals surface area contributed by atoms with Crippen molar-refractivity contribution < 1.29 is 18.3 Å². The number of benzene rings is 2. The van der Waals surface area contributed by atoms with Gasteiger partial charge in [0, 0.05) is 11.3 Å². The van der Waals surface area contributed by atoms with Crippen LogP contribution in [0, 0.1) is 11.6 Å². The summed E-state index contributed by atoms with van der Waals surface area (Å²) in [5, 5.41) is 0. The smallest absolute Gasteiger partial charge is 0.310 e. The molecule has 0 unspecified atom stereocenters. The van der Waals surface area contributed by atoms with Gasteiger partial charge >= 0.3 is 5.97 Å². The predicted octanol–water partition coefficient (Wildman–Crippen LogP) is 2.83. The van der Waals surface area contributed by atoms with Crippen molar-refractivity contribution in [3.8, 4) is 0 Å². The summed E-state index contributed by atoms with van der Waals surface area (Å²) in [4.78, 5) is 11.6. The van der Waals surface area contributed by atoms with E-state index >= 15 is 0 Å². The largest absolute Gasteiger partial charge is 0.460 e. The molecule has 0 heterocycles. The second-order valence-electron chi connectivity index (χ2n) is 4.31. The molecule has 104 valence electrons. The first-order valence-electron chi connectivity index (χ1n) is 5.98. The third kappa shape index (κ3) is 3.78. The molecular weight excluding hydrogens is 264 g/mol. The highest BCUT2D eigenvalue weighted by Gasteiger charge is 2.09. The van der Waals surface area contributed by atoms with Crippen LogP contribution in [0.2, 0.25) is 0 Å². The summed E-state index contributed by atoms with van der Waals surface area (Å²) in [6, 6.07) is 9.78. The average molecular weight is 277 g/mol. The molecule has 0 saturated carbocycles. The second kappa shape index (κ2) is 6.14. The summed E-state index contributed by atoms with van der Waals surface area (Å²) >= 11 is 0. The number of halogens is 2. The fourth-order valence-corrected chi connectivity index (χ4v) is 1.67. The van der Waals surface area contributed by atoms with Gasteiger partial charge in [-0.1, -0.05) is 12.1 Å². The zero-order valence-electron chi connectivity index (χ0n) is 10.6. The topological polar surface area (TPSA) is 52.3 Å². The Morgan fingerprint density at radius 3 is 2.50 bits per heavy atom. The Kier molecular flexibility index (Phi) is 4.30. The van der Waals surface area contributed by atoms with E-state index in [4.69, 9.17) is 10.5 Å². The number of carbonyl (C=O) groups is 1. The average Bonchev–Trinajstić information content (AvgIpc) is 2.42. The second-order valence-corrected chi connectivity index (χ2v) is 4.31. The molecule has 0 saturated heterocycles. The van der Waals surface area contributed by atoms with E-state index in [2.05, 4.69) is 0 Å². The van der Waals surface area contributed by atoms with Gasteiger partial charge in [0.2, 0.25) is 0 Å². The Hall–Kier alpha value is -2.43. The van der Waals surface area contributed by atoms with E-state index in [1.165, 1.54) is 0 Å². The molecule has 0 bridgehead atoms. The van der Waals surface area contributed by atoms with E-state index < -0.39 is 17.6 Å². The molecule has 0 aliphatic carbocycles. The van der Waals surface area contributed by atoms with Gasteiger partial charge in [0.05, 0.1) is 6.42 Å². The zero-order valence-corrected chi connectivity index (χ0v) is 10.6. The SMILES string of the molecule is Nc1ccc(CC(=O)OCc2cc(F)ccc2F)cc1. The van der Waals surface area contributed by atoms with Crippen LogP contribution in [-0.2, 0) is 22.6 Å². The highest BCUT2D eigenvalue weighted by atomic mass is 19.1. The highest BCUT2D eigenvalue weighted by Crippen LogP contribution is 2.12. The van der Waals surface area contributed by atoms with E-state index in [0.717, 1.165) is 23.8 Å². The number of ether oxygens (including phenoxy) is 1. The number of nitrogens with two attached hydrogens (primary N) is 1. The molecule has 0 amide bonds. The van der Waals surface area contributed by atoms with Crippen molar-refractivity contribution in [2.75, 3.05) is 5.73 Å². The molecule has 0 spiro atoms. The third-order valence-electron chi connectivity index (χ3n) is 2.72. The summed E-state index contributed by atoms with van der Waals surface area (Å²) in [7, 11) is 0. The molecule has 2 rings (SSSR count). The van der Waals surface area contributed by atoms with Gasteiger partial charge in [-0.3, -0.25) is 4.79 Å². The Morgan fingerprint density at radius 2 is 1.80 bits per heavy atom. The number of carbonyl (C=O) groups excluding carboxylic acids is 1. The molecule has 0 fully saturated rings. The van der Waals surface area contributed by atoms with Crippen LogP contribution in [-0.4, -0.2) is 5.97 Å². The lowest BCUT2D eigenvalue weighted by molar-refractivity contribution is -0.144. The molecule has 0 aliphatic rings. The maximum absolute atomic E-state index is 13.3. The monoisotopic (exact) mass is 277 g/mol. The van der Waals surface area contributed by atoms with Crippen molar-refractivity contribution >= 4 is 11.7 Å². The van der Waals surface area contributed by atoms with Crippen LogP contribution in [0.1, 0.15) is 11.1 Å². The van der Waals surface area contributed by atoms with Gasteiger partial charge in [-0.25, -0.2) is 8.78 Å². The first-order valence-corrected chi connectivity index (χ1v) is 5.98. The molecule has 2 aromatic rings. The lowest BCUT2D eigenvalue weighted by atomic mass is 10.1. The number of rotatable bonds is 4. The van der Waals surface area contributed by atoms with Gasteiger partial charge in [-0.2, -0.15) is 0 Å². The van der Waals surface area contributed by atoms with Gasteiger partial charge in [-0.15, -0.1) is 0 Å². The van der Waals surface area contributed by atoms with Crippen molar-refractivity contribution in [1.29, 1.82) is 0 Å². The van der Waals surface area contributed by atoms with Gasteiger partial charge in [0.1, 0.15) is 18.2 Å². The molecular formula is C15H13F2NO2. The fourth-order valence-electron chi connectivity index (χ4n) is 1.67. The van der Waals surface area contributed by atoms with Crippen LogP contribution in [0.25, 0.3) is 0 Å². The van der Waals surface area contributed by atoms with E-state index in [-0.39, 0.29) is 18.6 Å². The van der Waals surface area contributed by atoms with Crippen molar-refractivity contribution in [1.82, 2.24) is 0 Å². The first kappa shape index (κ1) is 14.0. The van der Waals surface area contributed by atoms with Crippen molar-refractivity contribution in [3.05, 3.63) is 65.2 Å². The van der Waals surface area contributed by atoms with Crippen molar-refractivity contribution in [2.24, 2.45) is 0 Å². The standard InChI is InChI=1S/C15H13F2NO2/c16-12-3-6-14(17)11(8-12)9-20-15(19)7-10-1-4-13(18)5-2-10/h1-6,8H,7,9,18H2. The summed E-state index contributed by atoms with van der Waals surface area (Å²) in [6.45, 7) is -0.294. The number of esters is 1. The molecule has 3 nitrogen and oxygen atoms in total. The molecule has 0 aromatic heterocycles. The van der Waals surface area contributed by atoms with Gasteiger partial charge in [0.25, 0.3) is 0 Å². The molecule has 2 aromatic carbocycles. The Labute approximate surface area is 115 Å². The summed E-state index contributed by atoms with van der Waals surface area (Å²) < 4.78 is 31.2. The zero-order chi connectivity index (χ0) is 14.5. The minimum absolute atomic E-state index is 0.00987. The van der Waals surface area contributed by atoms with E-state index in [9.17, 15) is 13.6 Å². The maximum Gasteiger partial charge on any atom is 0.310 e. The number of hydrogen-bond donors (Lipinski definition) is 1. The van der Waals surface area contributed by atoms with Crippen molar-refractivity contribution in [2.45, 2.75) is 13.0 Å². The van der Waals surface area contributed by atoms with Crippen LogP contribution in [0.15, 0.2) is 42.5 Å². The summed E-state index contributed by atoms with van der Waals surface area (Å²) in [5.41, 5.74) is 6.88. The van der Waals surface area contributed by atoms with Gasteiger partial charge in [-0.05, 0) is 35.9 Å². The Morgan fingerprint density at radius 1 is 1.10 bits per heavy atom. The normalized spacial score (nSPS) is 10.3. The van der Waals surface area contributed by atoms with E-state index in [0.29, 0.717) is 5.69 Å². The molecule has 5 heteroatoms. The van der Waals surface area contributed by atoms with Gasteiger partial charge < -0.3 is 10.5 Å². The summed E-state index contributed by atoms with van der Waals surface area (Å²) in [6.07, 6.45) is 0.0528. The Balaban J connectivity index is 1.92. The van der Waals surface area contributed by atoms with Crippen molar-refractivity contribution in [3.63, 3.8) is 0 Å². The van der Waals surface area contributed by atoms with Crippen LogP contribution in [0.5, 0.6) is 0 Å². The van der Waals surface area contributed by atoms with Crippen LogP contribution < -0.4 is 5.73 Å². The summed E-state index contributed by atoms with van der Waals surface area (Å²) in [5.74, 6) is -1.69. The van der Waals surface area contributed by atoms with Crippen LogP contribution >= 0.6 is 0 Å². The fraction of sp³-hybridized carbons (Fsp3) is 0.133. The minimum Gasteiger partial charge on any atom is -0.460 e. The predicted molar refractivity (Wildman–Crippen MR) is 70.7 cm³/mol. The van der Waals surface area contributed by atoms with Crippen LogP contribution in [0.4, 0.5) is 14.5 Å². The number of nitrogen functional groups attached to an aromatic ring is 1. The Bertz CT molecular complexity index is 612. The van der Waals surface area contributed by atoms with Crippen LogP contribution in [0.3, 0.4) is 0 Å². The highest BCUT2D eigenvalue weighted by molar-refractivity contribution is 5.72. The number of hydrogen-bond acceptors (Lipinski definition) is 3. The lowest BCUT2D eigenvalue weighted by Crippen LogP contribution is -2.09. The third-order valence-corrected chi connectivity index (χ3v) is 2.72. The lowest BCUT2D eigenvalue weighted by Gasteiger charge is -2.06. The molecule has 2 N–H and O–H groups in total. The number of anilines is 1. The molecule has 0 atom stereocenters. The quantitative estimate of drug-likeness (QED) is 0.690. The molecule has 20 heavy (non-hydrogen) atoms. The maximum atomic E-state index is 13.3. The van der Waals surface area contributed by atoms with E-state index in [1.807, 2.05) is 0 Å². The van der Waals surface area contributed by atoms with E-state index in [1.54, 1.807) is 24.3 Å². The molecule has 0 radical (unpaired) electrons. The minimum atomic E-state index is -0.605. The first-order chi connectivity index (χ1) is 9.54.